The van der Waals surface area contributed by atoms with E-state index in [-0.39, 0.29) is 15.5 Å². The average molecular weight is 438 g/mol. The van der Waals surface area contributed by atoms with Gasteiger partial charge in [0, 0.05) is 0 Å². The fourth-order valence-corrected chi connectivity index (χ4v) is 3.02. The zero-order valence-corrected chi connectivity index (χ0v) is 14.9. The van der Waals surface area contributed by atoms with Crippen LogP contribution in [0.5, 0.6) is 5.75 Å². The highest BCUT2D eigenvalue weighted by Crippen LogP contribution is 2.30. The number of aryl methyl sites for hydroxylation is 1. The molecule has 14 heteroatoms. The van der Waals surface area contributed by atoms with Crippen molar-refractivity contribution in [3.05, 3.63) is 46.2 Å². The van der Waals surface area contributed by atoms with E-state index in [0.29, 0.717) is 16.9 Å². The monoisotopic (exact) mass is 438 g/mol. The van der Waals surface area contributed by atoms with Crippen LogP contribution in [0.3, 0.4) is 0 Å². The number of ether oxygens (including phenoxy) is 1. The molecule has 2 heterocycles. The quantitative estimate of drug-likeness (QED) is 0.264. The third-order valence-corrected chi connectivity index (χ3v) is 4.42. The lowest BCUT2D eigenvalue weighted by molar-refractivity contribution is -0.274. The molecule has 2 aromatic heterocycles. The van der Waals surface area contributed by atoms with Gasteiger partial charge in [0.2, 0.25) is 4.96 Å². The molecule has 0 amide bonds. The largest absolute Gasteiger partial charge is 0.573 e. The number of fused-ring (bicyclic) bond motifs is 1. The lowest BCUT2D eigenvalue weighted by Gasteiger charge is -2.08. The molecule has 0 fully saturated rings. The van der Waals surface area contributed by atoms with Crippen LogP contribution in [0.25, 0.3) is 4.96 Å². The van der Waals surface area contributed by atoms with Crippen molar-refractivity contribution >= 4 is 28.5 Å². The number of aromatic nitrogens is 3. The Morgan fingerprint density at radius 3 is 2.38 bits per heavy atom. The summed E-state index contributed by atoms with van der Waals surface area (Å²) in [5.41, 5.74) is 0.392. The molecule has 7 nitrogen and oxygen atoms in total. The van der Waals surface area contributed by atoms with Gasteiger partial charge in [0.25, 0.3) is 5.82 Å². The predicted octanol–water partition coefficient (Wildman–Crippen LogP) is 4.21. The number of hydrogen-bond acceptors (Lipinski definition) is 7. The van der Waals surface area contributed by atoms with Crippen LogP contribution in [-0.4, -0.2) is 33.1 Å². The smallest absolute Gasteiger partial charge is 0.406 e. The fourth-order valence-electron chi connectivity index (χ4n) is 2.09. The summed E-state index contributed by atoms with van der Waals surface area (Å²) in [6, 6.07) is 4.56. The van der Waals surface area contributed by atoms with E-state index in [0.717, 1.165) is 22.9 Å². The molecule has 0 bridgehead atoms. The third kappa shape index (κ3) is 4.82. The summed E-state index contributed by atoms with van der Waals surface area (Å²) in [5, 5.41) is 6.71. The number of oxime groups is 1. The van der Waals surface area contributed by atoms with Crippen LogP contribution in [-0.2, 0) is 11.0 Å². The lowest BCUT2D eigenvalue weighted by atomic mass is 10.2. The van der Waals surface area contributed by atoms with Gasteiger partial charge in [-0.3, -0.25) is 0 Å². The number of thiazole rings is 1. The van der Waals surface area contributed by atoms with E-state index in [2.05, 4.69) is 24.8 Å². The molecule has 0 radical (unpaired) electrons. The van der Waals surface area contributed by atoms with Crippen molar-refractivity contribution in [3.8, 4) is 5.75 Å². The van der Waals surface area contributed by atoms with Crippen molar-refractivity contribution in [1.29, 1.82) is 0 Å². The summed E-state index contributed by atoms with van der Waals surface area (Å²) in [6.45, 7) is 1.36. The molecule has 1 aromatic carbocycles. The number of rotatable bonds is 4. The van der Waals surface area contributed by atoms with Gasteiger partial charge < -0.3 is 9.57 Å². The Morgan fingerprint density at radius 1 is 1.17 bits per heavy atom. The lowest BCUT2D eigenvalue weighted by Crippen LogP contribution is -2.17. The summed E-state index contributed by atoms with van der Waals surface area (Å²) in [6.07, 6.45) is -8.48. The number of benzene rings is 1. The van der Waals surface area contributed by atoms with Gasteiger partial charge in [0.05, 0.1) is 11.9 Å². The second-order valence-corrected chi connectivity index (χ2v) is 6.35. The zero-order chi connectivity index (χ0) is 21.4. The Hall–Kier alpha value is -3.16. The van der Waals surface area contributed by atoms with Gasteiger partial charge in [0.1, 0.15) is 10.6 Å². The zero-order valence-electron chi connectivity index (χ0n) is 14.1. The maximum absolute atomic E-state index is 12.6. The minimum atomic E-state index is -4.82. The van der Waals surface area contributed by atoms with Crippen LogP contribution in [0.1, 0.15) is 26.8 Å². The predicted molar refractivity (Wildman–Crippen MR) is 86.7 cm³/mol. The number of nitrogens with zero attached hydrogens (tertiary/aromatic N) is 4. The normalized spacial score (nSPS) is 12.7. The van der Waals surface area contributed by atoms with E-state index < -0.39 is 30.1 Å². The number of hydrogen-bond donors (Lipinski definition) is 0. The first-order valence-corrected chi connectivity index (χ1v) is 8.29. The summed E-state index contributed by atoms with van der Waals surface area (Å²) < 4.78 is 78.7. The molecule has 3 aromatic rings. The third-order valence-electron chi connectivity index (χ3n) is 3.31. The maximum Gasteiger partial charge on any atom is 0.573 e. The maximum atomic E-state index is 12.6. The van der Waals surface area contributed by atoms with E-state index in [1.54, 1.807) is 0 Å². The molecule has 0 aliphatic heterocycles. The number of carbonyl (C=O) groups excluding carboxylic acids is 1. The summed E-state index contributed by atoms with van der Waals surface area (Å²) in [4.78, 5) is 19.8. The molecule has 0 aliphatic rings. The molecule has 0 N–H and O–H groups in total. The average Bonchev–Trinajstić information content (AvgIpc) is 3.15. The number of alkyl halides is 6. The van der Waals surface area contributed by atoms with E-state index in [1.807, 2.05) is 0 Å². The van der Waals surface area contributed by atoms with Crippen LogP contribution in [0.2, 0.25) is 0 Å². The molecule has 0 spiro atoms. The molecule has 3 rings (SSSR count). The Morgan fingerprint density at radius 2 is 1.83 bits per heavy atom. The van der Waals surface area contributed by atoms with Crippen LogP contribution >= 0.6 is 11.3 Å². The van der Waals surface area contributed by atoms with Gasteiger partial charge in [-0.2, -0.15) is 18.2 Å². The van der Waals surface area contributed by atoms with E-state index in [4.69, 9.17) is 0 Å². The minimum Gasteiger partial charge on any atom is -0.406 e. The van der Waals surface area contributed by atoms with Crippen LogP contribution in [0, 0.1) is 6.92 Å². The molecule has 0 atom stereocenters. The van der Waals surface area contributed by atoms with Gasteiger partial charge >= 0.3 is 18.5 Å². The first-order valence-electron chi connectivity index (χ1n) is 7.48. The number of carbonyl (C=O) groups is 1. The molecule has 0 unspecified atom stereocenters. The van der Waals surface area contributed by atoms with Crippen molar-refractivity contribution in [2.24, 2.45) is 5.16 Å². The van der Waals surface area contributed by atoms with Gasteiger partial charge in [0.15, 0.2) is 0 Å². The topological polar surface area (TPSA) is 78.1 Å². The van der Waals surface area contributed by atoms with Crippen molar-refractivity contribution in [2.45, 2.75) is 19.5 Å². The Bertz CT molecular complexity index is 1070. The highest BCUT2D eigenvalue weighted by atomic mass is 32.1. The highest BCUT2D eigenvalue weighted by Gasteiger charge is 2.37. The first-order chi connectivity index (χ1) is 13.4. The van der Waals surface area contributed by atoms with E-state index in [9.17, 15) is 31.1 Å². The second kappa shape index (κ2) is 7.35. The molecule has 154 valence electrons. The van der Waals surface area contributed by atoms with Gasteiger partial charge in [-0.1, -0.05) is 16.5 Å². The van der Waals surface area contributed by atoms with Crippen LogP contribution in [0.15, 0.2) is 29.4 Å². The van der Waals surface area contributed by atoms with Crippen molar-refractivity contribution in [3.63, 3.8) is 0 Å². The Labute approximate surface area is 161 Å². The molecular formula is C15H8F6N4O3S. The summed E-state index contributed by atoms with van der Waals surface area (Å²) >= 11 is 0.640. The molecule has 0 saturated heterocycles. The minimum absolute atomic E-state index is 0.0557. The first kappa shape index (κ1) is 20.6. The SMILES string of the molecule is Cc1c(C(=O)ON=Cc2ccc(OC(F)(F)F)cc2)sc2nc(C(F)(F)F)nn12. The van der Waals surface area contributed by atoms with E-state index >= 15 is 0 Å². The highest BCUT2D eigenvalue weighted by molar-refractivity contribution is 7.18. The molecular weight excluding hydrogens is 430 g/mol. The molecule has 29 heavy (non-hydrogen) atoms. The van der Waals surface area contributed by atoms with Crippen molar-refractivity contribution in [2.75, 3.05) is 0 Å². The van der Waals surface area contributed by atoms with Crippen LogP contribution in [0.4, 0.5) is 26.3 Å². The second-order valence-electron chi connectivity index (χ2n) is 5.37. The summed E-state index contributed by atoms with van der Waals surface area (Å²) in [5.74, 6) is -2.72. The van der Waals surface area contributed by atoms with Crippen LogP contribution < -0.4 is 4.74 Å². The fraction of sp³-hybridized carbons (Fsp3) is 0.200. The van der Waals surface area contributed by atoms with Gasteiger partial charge in [-0.05, 0) is 36.8 Å². The number of halogens is 6. The molecule has 0 saturated carbocycles. The Kier molecular flexibility index (Phi) is 5.21. The van der Waals surface area contributed by atoms with Gasteiger partial charge in [-0.15, -0.1) is 18.3 Å². The standard InChI is InChI=1S/C15H8F6N4O3S/c1-7-10(29-13-23-12(14(16,17)18)24-25(7)13)11(26)28-22-6-8-2-4-9(5-3-8)27-15(19,20)21/h2-6H,1H3. The molecule has 0 aliphatic carbocycles. The van der Waals surface area contributed by atoms with Crippen molar-refractivity contribution < 1.29 is 40.7 Å². The van der Waals surface area contributed by atoms with Gasteiger partial charge in [-0.25, -0.2) is 9.31 Å². The Balaban J connectivity index is 1.67. The van der Waals surface area contributed by atoms with E-state index in [1.165, 1.54) is 19.1 Å². The van der Waals surface area contributed by atoms with Crippen molar-refractivity contribution in [1.82, 2.24) is 14.6 Å². The summed E-state index contributed by atoms with van der Waals surface area (Å²) in [7, 11) is 0.